The molecule has 3 aliphatic rings. The predicted molar refractivity (Wildman–Crippen MR) is 358 cm³/mol. The average Bonchev–Trinajstić information content (AvgIpc) is 2.26. The Hall–Kier alpha value is -8.40. The summed E-state index contributed by atoms with van der Waals surface area (Å²) >= 11 is 0. The maximum atomic E-state index is 3.75. The molecular formula is C79H83N3. The number of hydrogen-bond acceptors (Lipinski definition) is 2. The lowest BCUT2D eigenvalue weighted by molar-refractivity contribution is 0.490. The molecule has 1 aliphatic carbocycles. The molecule has 3 nitrogen and oxygen atoms in total. The SMILES string of the molecule is C=C/C=C\c1c(C)ccn1-c1ccc(/C=C/C/C=C\CCC=C)cc1.CCC1(CC)c2cc(/C=C/c3ccc(N4c5ccccc5C(C)CC4C)cc3)ccc2-c2ccc(/C=C/c3ccc(N4c5ccccc5C(C)CC4C)cc3)cc21. The number of nitrogens with zero attached hydrogens (tertiary/aromatic N) is 3. The molecule has 2 aliphatic heterocycles. The molecule has 414 valence electrons. The Labute approximate surface area is 491 Å². The molecule has 0 spiro atoms. The van der Waals surface area contributed by atoms with Crippen LogP contribution in [0.3, 0.4) is 0 Å². The van der Waals surface area contributed by atoms with Crippen molar-refractivity contribution in [1.29, 1.82) is 0 Å². The number of benzene rings is 7. The lowest BCUT2D eigenvalue weighted by atomic mass is 9.73. The molecule has 0 N–H and O–H groups in total. The van der Waals surface area contributed by atoms with Gasteiger partial charge in [-0.05, 0) is 205 Å². The molecule has 0 saturated carbocycles. The van der Waals surface area contributed by atoms with Gasteiger partial charge in [-0.3, -0.25) is 0 Å². The van der Waals surface area contributed by atoms with Gasteiger partial charge in [-0.25, -0.2) is 0 Å². The summed E-state index contributed by atoms with van der Waals surface area (Å²) < 4.78 is 2.20. The number of aryl methyl sites for hydroxylation is 1. The highest BCUT2D eigenvalue weighted by molar-refractivity contribution is 5.85. The second kappa shape index (κ2) is 26.0. The van der Waals surface area contributed by atoms with Gasteiger partial charge in [0, 0.05) is 57.8 Å². The first-order chi connectivity index (χ1) is 40.0. The van der Waals surface area contributed by atoms with Crippen LogP contribution in [0.15, 0.2) is 220 Å². The molecule has 1 aromatic heterocycles. The lowest BCUT2D eigenvalue weighted by Gasteiger charge is -2.40. The molecule has 4 atom stereocenters. The van der Waals surface area contributed by atoms with Crippen LogP contribution in [0.4, 0.5) is 22.7 Å². The first-order valence-corrected chi connectivity index (χ1v) is 30.2. The lowest BCUT2D eigenvalue weighted by Crippen LogP contribution is -2.34. The van der Waals surface area contributed by atoms with Crippen molar-refractivity contribution < 1.29 is 0 Å². The van der Waals surface area contributed by atoms with Crippen molar-refractivity contribution in [3.8, 4) is 16.8 Å². The summed E-state index contributed by atoms with van der Waals surface area (Å²) in [6.45, 7) is 23.7. The quantitative estimate of drug-likeness (QED) is 0.0390. The first kappa shape index (κ1) is 56.9. The highest BCUT2D eigenvalue weighted by Crippen LogP contribution is 2.53. The number of unbranched alkanes of at least 4 members (excludes halogenated alkanes) is 1. The van der Waals surface area contributed by atoms with Crippen LogP contribution < -0.4 is 9.80 Å². The molecule has 0 saturated heterocycles. The van der Waals surface area contributed by atoms with Crippen molar-refractivity contribution in [3.63, 3.8) is 0 Å². The maximum Gasteiger partial charge on any atom is 0.0485 e. The number of fused-ring (bicyclic) bond motifs is 5. The predicted octanol–water partition coefficient (Wildman–Crippen LogP) is 22.1. The third kappa shape index (κ3) is 12.1. The highest BCUT2D eigenvalue weighted by Gasteiger charge is 2.40. The normalized spacial score (nSPS) is 18.0. The van der Waals surface area contributed by atoms with E-state index in [1.54, 1.807) is 6.08 Å². The molecule has 0 fully saturated rings. The molecule has 0 amide bonds. The van der Waals surface area contributed by atoms with Gasteiger partial charge in [0.2, 0.25) is 0 Å². The fraction of sp³-hybridized carbons (Fsp3) is 0.241. The first-order valence-electron chi connectivity index (χ1n) is 30.2. The van der Waals surface area contributed by atoms with E-state index in [1.807, 2.05) is 12.2 Å². The van der Waals surface area contributed by atoms with Crippen LogP contribution >= 0.6 is 0 Å². The second-order valence-electron chi connectivity index (χ2n) is 23.0. The van der Waals surface area contributed by atoms with E-state index >= 15 is 0 Å². The van der Waals surface area contributed by atoms with Crippen LogP contribution in [-0.4, -0.2) is 16.7 Å². The van der Waals surface area contributed by atoms with Gasteiger partial charge in [0.25, 0.3) is 0 Å². The molecule has 82 heavy (non-hydrogen) atoms. The minimum Gasteiger partial charge on any atom is -0.338 e. The molecule has 0 bridgehead atoms. The van der Waals surface area contributed by atoms with Crippen LogP contribution in [0.5, 0.6) is 0 Å². The van der Waals surface area contributed by atoms with Crippen molar-refractivity contribution in [2.45, 2.75) is 123 Å². The summed E-state index contributed by atoms with van der Waals surface area (Å²) in [6, 6.07) is 62.0. The van der Waals surface area contributed by atoms with Gasteiger partial charge in [0.15, 0.2) is 0 Å². The summed E-state index contributed by atoms with van der Waals surface area (Å²) in [4.78, 5) is 5.04. The van der Waals surface area contributed by atoms with Crippen LogP contribution in [0.2, 0.25) is 0 Å². The summed E-state index contributed by atoms with van der Waals surface area (Å²) in [7, 11) is 0. The van der Waals surface area contributed by atoms with Crippen molar-refractivity contribution in [2.24, 2.45) is 0 Å². The van der Waals surface area contributed by atoms with Crippen LogP contribution in [-0.2, 0) is 5.41 Å². The molecule has 4 unspecified atom stereocenters. The Morgan fingerprint density at radius 1 is 0.488 bits per heavy atom. The fourth-order valence-corrected chi connectivity index (χ4v) is 13.2. The monoisotopic (exact) mass is 1070 g/mol. The Morgan fingerprint density at radius 3 is 1.44 bits per heavy atom. The fourth-order valence-electron chi connectivity index (χ4n) is 13.2. The molecule has 3 heterocycles. The van der Waals surface area contributed by atoms with Gasteiger partial charge in [0.1, 0.15) is 0 Å². The topological polar surface area (TPSA) is 11.4 Å². The number of para-hydroxylation sites is 2. The van der Waals surface area contributed by atoms with Crippen molar-refractivity contribution in [3.05, 3.63) is 281 Å². The van der Waals surface area contributed by atoms with E-state index in [2.05, 4.69) is 301 Å². The van der Waals surface area contributed by atoms with Crippen LogP contribution in [0.25, 0.3) is 53.3 Å². The second-order valence-corrected chi connectivity index (χ2v) is 23.0. The summed E-state index contributed by atoms with van der Waals surface area (Å²) in [5.41, 5.74) is 23.6. The van der Waals surface area contributed by atoms with E-state index in [0.29, 0.717) is 23.9 Å². The average molecular weight is 1070 g/mol. The molecule has 8 aromatic rings. The minimum absolute atomic E-state index is 0.000483. The largest absolute Gasteiger partial charge is 0.338 e. The number of aromatic nitrogens is 1. The smallest absolute Gasteiger partial charge is 0.0485 e. The van der Waals surface area contributed by atoms with Crippen molar-refractivity contribution in [2.75, 3.05) is 9.80 Å². The number of rotatable bonds is 17. The van der Waals surface area contributed by atoms with Gasteiger partial charge >= 0.3 is 0 Å². The van der Waals surface area contributed by atoms with E-state index in [4.69, 9.17) is 0 Å². The third-order valence-corrected chi connectivity index (χ3v) is 17.6. The van der Waals surface area contributed by atoms with Gasteiger partial charge in [-0.15, -0.1) is 6.58 Å². The minimum atomic E-state index is -0.000483. The standard InChI is InChI=1S/C55H56N2.C24H27N/c1-7-55(8-2)51-35-43(19-17-41-21-27-45(28-22-41)56-39(5)33-37(3)47-13-9-11-15-53(47)56)25-31-49(51)50-32-26-44(36-52(50)55)20-18-42-23-29-46(30-24-42)57-40(6)34-38(4)48-14-10-12-16-54(48)57;1-4-6-8-9-10-11-12-13-22-15-17-23(18-16-22)25-20-19-21(3)24(25)14-7-5-2/h9-32,35-40H,7-8,33-34H2,1-6H3;4-5,7,9-10,12-20H,1-2,6,8,11H2,3H3/b19-17+,20-18+;10-9-,13-12+,14-7-. The Morgan fingerprint density at radius 2 is 0.951 bits per heavy atom. The number of hydrogen-bond donors (Lipinski definition) is 0. The number of allylic oxidation sites excluding steroid dienone is 6. The van der Waals surface area contributed by atoms with E-state index in [0.717, 1.165) is 32.1 Å². The highest BCUT2D eigenvalue weighted by atomic mass is 15.2. The van der Waals surface area contributed by atoms with E-state index in [-0.39, 0.29) is 5.41 Å². The maximum absolute atomic E-state index is 3.75. The zero-order chi connectivity index (χ0) is 57.2. The Balaban J connectivity index is 0.000000253. The van der Waals surface area contributed by atoms with Gasteiger partial charge in [0.05, 0.1) is 0 Å². The molecule has 3 heteroatoms. The number of anilines is 4. The third-order valence-electron chi connectivity index (χ3n) is 17.6. The molecule has 11 rings (SSSR count). The Bertz CT molecular complexity index is 3470. The van der Waals surface area contributed by atoms with Gasteiger partial charge in [-0.1, -0.05) is 210 Å². The van der Waals surface area contributed by atoms with E-state index < -0.39 is 0 Å². The van der Waals surface area contributed by atoms with E-state index in [9.17, 15) is 0 Å². The van der Waals surface area contributed by atoms with Gasteiger partial charge in [-0.2, -0.15) is 0 Å². The van der Waals surface area contributed by atoms with Crippen molar-refractivity contribution in [1.82, 2.24) is 4.57 Å². The summed E-state index contributed by atoms with van der Waals surface area (Å²) in [5.74, 6) is 1.17. The molecule has 0 radical (unpaired) electrons. The zero-order valence-electron chi connectivity index (χ0n) is 49.6. The Kier molecular flexibility index (Phi) is 18.0. The zero-order valence-corrected chi connectivity index (χ0v) is 49.6. The van der Waals surface area contributed by atoms with E-state index in [1.165, 1.54) is 114 Å². The van der Waals surface area contributed by atoms with Crippen LogP contribution in [0, 0.1) is 6.92 Å². The molecule has 7 aromatic carbocycles. The van der Waals surface area contributed by atoms with Crippen molar-refractivity contribution >= 4 is 59.2 Å². The summed E-state index contributed by atoms with van der Waals surface area (Å²) in [6.07, 6.45) is 35.4. The van der Waals surface area contributed by atoms with Gasteiger partial charge < -0.3 is 14.4 Å². The van der Waals surface area contributed by atoms with Crippen LogP contribution in [0.1, 0.15) is 160 Å². The summed E-state index contributed by atoms with van der Waals surface area (Å²) in [5, 5.41) is 0. The molecular weight excluding hydrogens is 991 g/mol.